The Labute approximate surface area is 113 Å². The van der Waals surface area contributed by atoms with Crippen LogP contribution in [0.4, 0.5) is 4.39 Å². The number of halogens is 1. The molecule has 1 amide bonds. The number of carbonyl (C=O) groups excluding carboxylic acids is 1. The van der Waals surface area contributed by atoms with E-state index in [-0.39, 0.29) is 23.2 Å². The van der Waals surface area contributed by atoms with Crippen molar-refractivity contribution in [3.63, 3.8) is 0 Å². The third kappa shape index (κ3) is 3.32. The minimum Gasteiger partial charge on any atom is -0.349 e. The van der Waals surface area contributed by atoms with Crippen LogP contribution in [0.25, 0.3) is 0 Å². The highest BCUT2D eigenvalue weighted by atomic mass is 19.1. The van der Waals surface area contributed by atoms with Crippen LogP contribution in [0.5, 0.6) is 0 Å². The van der Waals surface area contributed by atoms with Crippen LogP contribution in [-0.2, 0) is 4.79 Å². The molecule has 4 heteroatoms. The van der Waals surface area contributed by atoms with Gasteiger partial charge in [-0.25, -0.2) is 4.39 Å². The fourth-order valence-electron chi connectivity index (χ4n) is 2.46. The summed E-state index contributed by atoms with van der Waals surface area (Å²) < 4.78 is 12.9. The van der Waals surface area contributed by atoms with Crippen molar-refractivity contribution in [1.82, 2.24) is 10.6 Å². The number of hydrogen-bond donors (Lipinski definition) is 2. The highest BCUT2D eigenvalue weighted by Gasteiger charge is 2.35. The number of hydrogen-bond acceptors (Lipinski definition) is 2. The predicted octanol–water partition coefficient (Wildman–Crippen LogP) is 2.39. The molecule has 0 spiro atoms. The molecule has 1 fully saturated rings. The summed E-state index contributed by atoms with van der Waals surface area (Å²) in [4.78, 5) is 12.3. The first kappa shape index (κ1) is 14.0. The molecule has 1 aromatic rings. The van der Waals surface area contributed by atoms with E-state index in [1.807, 2.05) is 13.8 Å². The Morgan fingerprint density at radius 1 is 1.42 bits per heavy atom. The van der Waals surface area contributed by atoms with Gasteiger partial charge in [-0.15, -0.1) is 0 Å². The maximum Gasteiger partial charge on any atom is 0.227 e. The summed E-state index contributed by atoms with van der Waals surface area (Å²) in [7, 11) is 0. The summed E-state index contributed by atoms with van der Waals surface area (Å²) in [6, 6.07) is 6.15. The van der Waals surface area contributed by atoms with Gasteiger partial charge in [-0.1, -0.05) is 12.1 Å². The maximum atomic E-state index is 12.9. The first-order chi connectivity index (χ1) is 9.01. The van der Waals surface area contributed by atoms with Gasteiger partial charge in [0.1, 0.15) is 5.82 Å². The summed E-state index contributed by atoms with van der Waals surface area (Å²) >= 11 is 0. The Hall–Kier alpha value is -1.42. The van der Waals surface area contributed by atoms with Gasteiger partial charge in [0.25, 0.3) is 0 Å². The van der Waals surface area contributed by atoms with Crippen LogP contribution in [0, 0.1) is 11.2 Å². The molecule has 0 saturated carbocycles. The zero-order valence-corrected chi connectivity index (χ0v) is 11.5. The van der Waals surface area contributed by atoms with Gasteiger partial charge in [0, 0.05) is 6.54 Å². The summed E-state index contributed by atoms with van der Waals surface area (Å²) in [5.74, 6) is -0.192. The molecule has 0 aromatic heterocycles. The molecule has 0 radical (unpaired) electrons. The van der Waals surface area contributed by atoms with Crippen LogP contribution >= 0.6 is 0 Å². The second kappa shape index (κ2) is 5.70. The average Bonchev–Trinajstić information content (AvgIpc) is 2.40. The van der Waals surface area contributed by atoms with Gasteiger partial charge in [0.2, 0.25) is 5.91 Å². The molecule has 1 heterocycles. The molecule has 104 valence electrons. The number of carbonyl (C=O) groups is 1. The molecule has 19 heavy (non-hydrogen) atoms. The van der Waals surface area contributed by atoms with Crippen LogP contribution in [0.3, 0.4) is 0 Å². The zero-order chi connectivity index (χ0) is 13.9. The van der Waals surface area contributed by atoms with E-state index in [1.165, 1.54) is 12.1 Å². The molecular formula is C15H21FN2O. The van der Waals surface area contributed by atoms with E-state index in [9.17, 15) is 9.18 Å². The van der Waals surface area contributed by atoms with Crippen molar-refractivity contribution in [2.75, 3.05) is 13.1 Å². The van der Waals surface area contributed by atoms with Crippen molar-refractivity contribution in [3.8, 4) is 0 Å². The summed E-state index contributed by atoms with van der Waals surface area (Å²) in [5, 5.41) is 6.29. The van der Waals surface area contributed by atoms with E-state index < -0.39 is 0 Å². The normalized spacial score (nSPS) is 24.8. The molecule has 3 nitrogen and oxygen atoms in total. The zero-order valence-electron chi connectivity index (χ0n) is 11.5. The summed E-state index contributed by atoms with van der Waals surface area (Å²) in [6.45, 7) is 5.61. The van der Waals surface area contributed by atoms with Crippen LogP contribution in [0.15, 0.2) is 24.3 Å². The lowest BCUT2D eigenvalue weighted by Gasteiger charge is -2.33. The van der Waals surface area contributed by atoms with E-state index in [0.717, 1.165) is 31.5 Å². The average molecular weight is 264 g/mol. The van der Waals surface area contributed by atoms with E-state index in [0.29, 0.717) is 0 Å². The van der Waals surface area contributed by atoms with Crippen LogP contribution in [0.1, 0.15) is 38.3 Å². The highest BCUT2D eigenvalue weighted by molar-refractivity contribution is 5.83. The van der Waals surface area contributed by atoms with Gasteiger partial charge >= 0.3 is 0 Å². The van der Waals surface area contributed by atoms with Crippen molar-refractivity contribution in [3.05, 3.63) is 35.6 Å². The molecule has 2 N–H and O–H groups in total. The van der Waals surface area contributed by atoms with Crippen molar-refractivity contribution in [2.24, 2.45) is 5.41 Å². The van der Waals surface area contributed by atoms with Crippen LogP contribution < -0.4 is 10.6 Å². The van der Waals surface area contributed by atoms with E-state index >= 15 is 0 Å². The molecule has 1 unspecified atom stereocenters. The minimum absolute atomic E-state index is 0.0662. The maximum absolute atomic E-state index is 12.9. The Bertz CT molecular complexity index is 438. The fourth-order valence-corrected chi connectivity index (χ4v) is 2.46. The van der Waals surface area contributed by atoms with Gasteiger partial charge in [0.05, 0.1) is 11.5 Å². The van der Waals surface area contributed by atoms with Crippen LogP contribution in [0.2, 0.25) is 0 Å². The second-order valence-corrected chi connectivity index (χ2v) is 5.59. The van der Waals surface area contributed by atoms with Crippen LogP contribution in [-0.4, -0.2) is 19.0 Å². The van der Waals surface area contributed by atoms with Gasteiger partial charge in [-0.2, -0.15) is 0 Å². The van der Waals surface area contributed by atoms with Crippen molar-refractivity contribution < 1.29 is 9.18 Å². The monoisotopic (exact) mass is 264 g/mol. The lowest BCUT2D eigenvalue weighted by Crippen LogP contribution is -2.49. The molecule has 1 saturated heterocycles. The first-order valence-corrected chi connectivity index (χ1v) is 6.78. The summed E-state index contributed by atoms with van der Waals surface area (Å²) in [6.07, 6.45) is 1.93. The summed E-state index contributed by atoms with van der Waals surface area (Å²) in [5.41, 5.74) is 0.578. The standard InChI is InChI=1S/C15H21FN2O/c1-11(12-4-6-13(16)7-5-12)18-14(19)15(2)8-3-9-17-10-15/h4-7,11,17H,3,8-10H2,1-2H3,(H,18,19)/t11-,15?/m1/s1. The Morgan fingerprint density at radius 2 is 2.11 bits per heavy atom. The van der Waals surface area contributed by atoms with Gasteiger partial charge in [-0.3, -0.25) is 4.79 Å². The van der Waals surface area contributed by atoms with Gasteiger partial charge in [-0.05, 0) is 50.9 Å². The van der Waals surface area contributed by atoms with E-state index in [2.05, 4.69) is 10.6 Å². The Morgan fingerprint density at radius 3 is 2.68 bits per heavy atom. The molecule has 0 aliphatic carbocycles. The number of piperidine rings is 1. The third-order valence-electron chi connectivity index (χ3n) is 3.86. The molecular weight excluding hydrogens is 243 g/mol. The van der Waals surface area contributed by atoms with Crippen molar-refractivity contribution >= 4 is 5.91 Å². The Balaban J connectivity index is 2.00. The predicted molar refractivity (Wildman–Crippen MR) is 73.2 cm³/mol. The molecule has 2 rings (SSSR count). The SMILES string of the molecule is C[C@@H](NC(=O)C1(C)CCCNC1)c1ccc(F)cc1. The smallest absolute Gasteiger partial charge is 0.227 e. The number of amides is 1. The third-order valence-corrected chi connectivity index (χ3v) is 3.86. The second-order valence-electron chi connectivity index (χ2n) is 5.59. The number of rotatable bonds is 3. The molecule has 1 aromatic carbocycles. The Kier molecular flexibility index (Phi) is 4.20. The first-order valence-electron chi connectivity index (χ1n) is 6.78. The van der Waals surface area contributed by atoms with Gasteiger partial charge < -0.3 is 10.6 Å². The molecule has 2 atom stereocenters. The number of benzene rings is 1. The van der Waals surface area contributed by atoms with E-state index in [1.54, 1.807) is 12.1 Å². The van der Waals surface area contributed by atoms with Crippen molar-refractivity contribution in [2.45, 2.75) is 32.7 Å². The molecule has 0 bridgehead atoms. The largest absolute Gasteiger partial charge is 0.349 e. The molecule has 1 aliphatic rings. The lowest BCUT2D eigenvalue weighted by atomic mass is 9.81. The molecule has 1 aliphatic heterocycles. The minimum atomic E-state index is -0.341. The van der Waals surface area contributed by atoms with E-state index in [4.69, 9.17) is 0 Å². The topological polar surface area (TPSA) is 41.1 Å². The quantitative estimate of drug-likeness (QED) is 0.880. The number of nitrogens with one attached hydrogen (secondary N) is 2. The lowest BCUT2D eigenvalue weighted by molar-refractivity contribution is -0.131. The van der Waals surface area contributed by atoms with Gasteiger partial charge in [0.15, 0.2) is 0 Å². The van der Waals surface area contributed by atoms with Crippen molar-refractivity contribution in [1.29, 1.82) is 0 Å². The fraction of sp³-hybridized carbons (Fsp3) is 0.533. The highest BCUT2D eigenvalue weighted by Crippen LogP contribution is 2.26.